The third kappa shape index (κ3) is 6.30. The normalized spacial score (nSPS) is 11.0. The van der Waals surface area contributed by atoms with E-state index in [0.717, 1.165) is 16.9 Å². The first-order valence-corrected chi connectivity index (χ1v) is 9.83. The number of aliphatic imine (C=N–C) groups is 1. The van der Waals surface area contributed by atoms with E-state index in [1.165, 1.54) is 10.6 Å². The molecule has 162 valence electrons. The number of aryl methyl sites for hydroxylation is 2. The topological polar surface area (TPSA) is 113 Å². The van der Waals surface area contributed by atoms with Crippen molar-refractivity contribution in [3.8, 4) is 11.3 Å². The Kier molecular flexibility index (Phi) is 7.21. The van der Waals surface area contributed by atoms with E-state index in [9.17, 15) is 9.59 Å². The second-order valence-corrected chi connectivity index (χ2v) is 7.16. The van der Waals surface area contributed by atoms with Gasteiger partial charge in [0.2, 0.25) is 5.95 Å². The summed E-state index contributed by atoms with van der Waals surface area (Å²) in [4.78, 5) is 33.9. The van der Waals surface area contributed by atoms with Crippen LogP contribution in [0.25, 0.3) is 11.3 Å². The Morgan fingerprint density at radius 2 is 2.10 bits per heavy atom. The number of furan rings is 1. The standard InChI is InChI=1S/C22H25N5O4/c1-26(2)15-24-21-25-18(14-20(28)27(21)11-10-23-22(29)30)9-8-16-5-3-6-17(13-16)19-7-4-12-31-19/h3-7,12-15,23H,8-11H2,1-2H3,(H,29,30). The number of rotatable bonds is 9. The van der Waals surface area contributed by atoms with Gasteiger partial charge >= 0.3 is 6.09 Å². The highest BCUT2D eigenvalue weighted by Crippen LogP contribution is 2.21. The number of aromatic nitrogens is 2. The van der Waals surface area contributed by atoms with Crippen LogP contribution in [-0.2, 0) is 19.4 Å². The highest BCUT2D eigenvalue weighted by molar-refractivity contribution is 5.64. The van der Waals surface area contributed by atoms with Gasteiger partial charge in [-0.2, -0.15) is 0 Å². The fraction of sp³-hybridized carbons (Fsp3) is 0.273. The SMILES string of the molecule is CN(C)C=Nc1nc(CCc2cccc(-c3ccco3)c2)cc(=O)n1CCNC(=O)O. The van der Waals surface area contributed by atoms with Crippen molar-refractivity contribution in [2.75, 3.05) is 20.6 Å². The summed E-state index contributed by atoms with van der Waals surface area (Å²) in [7, 11) is 3.63. The van der Waals surface area contributed by atoms with Gasteiger partial charge < -0.3 is 19.7 Å². The summed E-state index contributed by atoms with van der Waals surface area (Å²) in [6.07, 6.45) is 3.31. The molecule has 0 aliphatic rings. The largest absolute Gasteiger partial charge is 0.465 e. The Morgan fingerprint density at radius 1 is 1.26 bits per heavy atom. The molecular weight excluding hydrogens is 398 g/mol. The number of benzene rings is 1. The van der Waals surface area contributed by atoms with E-state index in [1.54, 1.807) is 17.5 Å². The van der Waals surface area contributed by atoms with Gasteiger partial charge in [0, 0.05) is 38.8 Å². The van der Waals surface area contributed by atoms with Crippen LogP contribution >= 0.6 is 0 Å². The molecule has 0 radical (unpaired) electrons. The molecule has 0 bridgehead atoms. The maximum Gasteiger partial charge on any atom is 0.404 e. The summed E-state index contributed by atoms with van der Waals surface area (Å²) >= 11 is 0. The van der Waals surface area contributed by atoms with Gasteiger partial charge in [0.25, 0.3) is 5.56 Å². The second-order valence-electron chi connectivity index (χ2n) is 7.16. The fourth-order valence-corrected chi connectivity index (χ4v) is 3.01. The van der Waals surface area contributed by atoms with Gasteiger partial charge in [-0.05, 0) is 36.6 Å². The van der Waals surface area contributed by atoms with Gasteiger partial charge in [0.05, 0.1) is 18.3 Å². The van der Waals surface area contributed by atoms with Gasteiger partial charge in [-0.3, -0.25) is 9.36 Å². The third-order valence-corrected chi connectivity index (χ3v) is 4.46. The van der Waals surface area contributed by atoms with E-state index < -0.39 is 6.09 Å². The maximum absolute atomic E-state index is 12.6. The zero-order valence-corrected chi connectivity index (χ0v) is 17.5. The van der Waals surface area contributed by atoms with E-state index in [4.69, 9.17) is 9.52 Å². The minimum atomic E-state index is -1.15. The molecule has 0 unspecified atom stereocenters. The first kappa shape index (κ1) is 21.8. The maximum atomic E-state index is 12.6. The lowest BCUT2D eigenvalue weighted by atomic mass is 10.0. The van der Waals surface area contributed by atoms with Crippen LogP contribution < -0.4 is 10.9 Å². The summed E-state index contributed by atoms with van der Waals surface area (Å²) in [6.45, 7) is 0.226. The summed E-state index contributed by atoms with van der Waals surface area (Å²) in [5.74, 6) is 1.05. The van der Waals surface area contributed by atoms with E-state index in [2.05, 4.69) is 21.4 Å². The highest BCUT2D eigenvalue weighted by atomic mass is 16.4. The van der Waals surface area contributed by atoms with Crippen LogP contribution in [0.3, 0.4) is 0 Å². The summed E-state index contributed by atoms with van der Waals surface area (Å²) in [5, 5.41) is 11.0. The van der Waals surface area contributed by atoms with Crippen LogP contribution in [0.2, 0.25) is 0 Å². The molecule has 1 aromatic carbocycles. The fourth-order valence-electron chi connectivity index (χ4n) is 3.01. The lowest BCUT2D eigenvalue weighted by molar-refractivity contribution is 0.194. The van der Waals surface area contributed by atoms with Crippen LogP contribution in [0.1, 0.15) is 11.3 Å². The smallest absolute Gasteiger partial charge is 0.404 e. The average Bonchev–Trinajstić information content (AvgIpc) is 3.27. The van der Waals surface area contributed by atoms with Gasteiger partial charge in [-0.1, -0.05) is 18.2 Å². The zero-order valence-electron chi connectivity index (χ0n) is 17.5. The monoisotopic (exact) mass is 423 g/mol. The summed E-state index contributed by atoms with van der Waals surface area (Å²) in [6, 6.07) is 13.3. The molecule has 2 aromatic heterocycles. The molecule has 0 saturated heterocycles. The molecule has 9 nitrogen and oxygen atoms in total. The molecule has 1 amide bonds. The molecule has 0 fully saturated rings. The molecular formula is C22H25N5O4. The first-order chi connectivity index (χ1) is 14.9. The van der Waals surface area contributed by atoms with Gasteiger partial charge in [0.1, 0.15) is 5.76 Å². The quantitative estimate of drug-likeness (QED) is 0.404. The Morgan fingerprint density at radius 3 is 2.81 bits per heavy atom. The van der Waals surface area contributed by atoms with Crippen molar-refractivity contribution in [1.29, 1.82) is 0 Å². The highest BCUT2D eigenvalue weighted by Gasteiger charge is 2.10. The second kappa shape index (κ2) is 10.2. The van der Waals surface area contributed by atoms with E-state index in [1.807, 2.05) is 44.4 Å². The third-order valence-electron chi connectivity index (χ3n) is 4.46. The Labute approximate surface area is 179 Å². The number of hydrogen-bond donors (Lipinski definition) is 2. The number of carboxylic acid groups (broad SMARTS) is 1. The number of carbonyl (C=O) groups is 1. The van der Waals surface area contributed by atoms with Crippen LogP contribution in [0, 0.1) is 0 Å². The van der Waals surface area contributed by atoms with Crippen molar-refractivity contribution in [2.45, 2.75) is 19.4 Å². The molecule has 0 aliphatic carbocycles. The Bertz CT molecular complexity index is 1100. The average molecular weight is 423 g/mol. The Hall–Kier alpha value is -3.88. The molecule has 0 atom stereocenters. The summed E-state index contributed by atoms with van der Waals surface area (Å²) in [5.41, 5.74) is 2.45. The molecule has 0 saturated carbocycles. The lowest BCUT2D eigenvalue weighted by Gasteiger charge is -2.11. The predicted molar refractivity (Wildman–Crippen MR) is 118 cm³/mol. The van der Waals surface area contributed by atoms with Crippen molar-refractivity contribution < 1.29 is 14.3 Å². The number of hydrogen-bond acceptors (Lipinski definition) is 5. The van der Waals surface area contributed by atoms with Crippen molar-refractivity contribution in [2.24, 2.45) is 4.99 Å². The number of nitrogens with zero attached hydrogens (tertiary/aromatic N) is 4. The Balaban J connectivity index is 1.79. The molecule has 3 rings (SSSR count). The number of nitrogens with one attached hydrogen (secondary N) is 1. The van der Waals surface area contributed by atoms with E-state index >= 15 is 0 Å². The lowest BCUT2D eigenvalue weighted by Crippen LogP contribution is -2.30. The summed E-state index contributed by atoms with van der Waals surface area (Å²) < 4.78 is 6.82. The van der Waals surface area contributed by atoms with Crippen molar-refractivity contribution in [1.82, 2.24) is 19.8 Å². The van der Waals surface area contributed by atoms with Gasteiger partial charge in [0.15, 0.2) is 0 Å². The van der Waals surface area contributed by atoms with E-state index in [-0.39, 0.29) is 24.6 Å². The van der Waals surface area contributed by atoms with Crippen molar-refractivity contribution in [3.63, 3.8) is 0 Å². The van der Waals surface area contributed by atoms with Crippen molar-refractivity contribution >= 4 is 18.4 Å². The predicted octanol–water partition coefficient (Wildman–Crippen LogP) is 2.78. The zero-order chi connectivity index (χ0) is 22.2. The molecule has 31 heavy (non-hydrogen) atoms. The van der Waals surface area contributed by atoms with Crippen molar-refractivity contribution in [3.05, 3.63) is 70.3 Å². The van der Waals surface area contributed by atoms with Crippen LogP contribution in [-0.4, -0.2) is 52.6 Å². The molecule has 2 N–H and O–H groups in total. The molecule has 9 heteroatoms. The van der Waals surface area contributed by atoms with Gasteiger partial charge in [-0.25, -0.2) is 14.8 Å². The van der Waals surface area contributed by atoms with Crippen LogP contribution in [0.15, 0.2) is 62.9 Å². The van der Waals surface area contributed by atoms with E-state index in [0.29, 0.717) is 18.5 Å². The number of amides is 1. The van der Waals surface area contributed by atoms with Gasteiger partial charge in [-0.15, -0.1) is 0 Å². The molecule has 3 aromatic rings. The van der Waals surface area contributed by atoms with Crippen LogP contribution in [0.4, 0.5) is 10.7 Å². The molecule has 0 spiro atoms. The molecule has 0 aliphatic heterocycles. The first-order valence-electron chi connectivity index (χ1n) is 9.83. The molecule has 2 heterocycles. The van der Waals surface area contributed by atoms with Crippen LogP contribution in [0.5, 0.6) is 0 Å². The minimum Gasteiger partial charge on any atom is -0.465 e. The minimum absolute atomic E-state index is 0.0837.